The van der Waals surface area contributed by atoms with Crippen LogP contribution in [0.3, 0.4) is 0 Å². The minimum absolute atomic E-state index is 0.194. The Morgan fingerprint density at radius 2 is 2.00 bits per heavy atom. The lowest BCUT2D eigenvalue weighted by Gasteiger charge is -2.17. The summed E-state index contributed by atoms with van der Waals surface area (Å²) in [5.41, 5.74) is 7.04. The molecule has 0 aromatic heterocycles. The first-order valence-corrected chi connectivity index (χ1v) is 7.14. The molecule has 1 amide bonds. The Morgan fingerprint density at radius 1 is 1.19 bits per heavy atom. The summed E-state index contributed by atoms with van der Waals surface area (Å²) >= 11 is 3.39. The molecule has 1 aliphatic rings. The summed E-state index contributed by atoms with van der Waals surface area (Å²) in [6.07, 6.45) is 0. The molecule has 1 unspecified atom stereocenters. The van der Waals surface area contributed by atoms with Crippen LogP contribution >= 0.6 is 15.9 Å². The second-order valence-electron chi connectivity index (χ2n) is 4.60. The SMILES string of the molecule is NC(=O)C(Nc1cccc(Br)c1)c1ccc2c(c1)OCO2. The van der Waals surface area contributed by atoms with Crippen LogP contribution in [0.4, 0.5) is 5.69 Å². The van der Waals surface area contributed by atoms with Gasteiger partial charge in [-0.2, -0.15) is 0 Å². The van der Waals surface area contributed by atoms with Gasteiger partial charge >= 0.3 is 0 Å². The normalized spacial score (nSPS) is 13.8. The molecule has 0 saturated carbocycles. The fourth-order valence-electron chi connectivity index (χ4n) is 2.16. The van der Waals surface area contributed by atoms with Crippen LogP contribution in [-0.2, 0) is 4.79 Å². The van der Waals surface area contributed by atoms with Gasteiger partial charge in [-0.3, -0.25) is 4.79 Å². The smallest absolute Gasteiger partial charge is 0.244 e. The van der Waals surface area contributed by atoms with Crippen LogP contribution in [0, 0.1) is 0 Å². The average Bonchev–Trinajstić information content (AvgIpc) is 2.92. The molecule has 6 heteroatoms. The molecule has 108 valence electrons. The topological polar surface area (TPSA) is 73.6 Å². The van der Waals surface area contributed by atoms with Gasteiger partial charge in [0.15, 0.2) is 11.5 Å². The van der Waals surface area contributed by atoms with Crippen molar-refractivity contribution >= 4 is 27.5 Å². The molecule has 1 atom stereocenters. The standard InChI is InChI=1S/C15H13BrN2O3/c16-10-2-1-3-11(7-10)18-14(15(17)19)9-4-5-12-13(6-9)21-8-20-12/h1-7,14,18H,8H2,(H2,17,19). The van der Waals surface area contributed by atoms with Crippen LogP contribution in [0.1, 0.15) is 11.6 Å². The Kier molecular flexibility index (Phi) is 3.70. The fourth-order valence-corrected chi connectivity index (χ4v) is 2.56. The van der Waals surface area contributed by atoms with Crippen LogP contribution in [0.15, 0.2) is 46.9 Å². The number of rotatable bonds is 4. The van der Waals surface area contributed by atoms with E-state index in [2.05, 4.69) is 21.2 Å². The number of carbonyl (C=O) groups excluding carboxylic acids is 1. The molecule has 21 heavy (non-hydrogen) atoms. The van der Waals surface area contributed by atoms with E-state index in [1.807, 2.05) is 24.3 Å². The first-order valence-electron chi connectivity index (χ1n) is 6.34. The largest absolute Gasteiger partial charge is 0.454 e. The number of amides is 1. The van der Waals surface area contributed by atoms with Crippen LogP contribution in [0.2, 0.25) is 0 Å². The second-order valence-corrected chi connectivity index (χ2v) is 5.52. The number of ether oxygens (including phenoxy) is 2. The summed E-state index contributed by atoms with van der Waals surface area (Å²) < 4.78 is 11.5. The minimum Gasteiger partial charge on any atom is -0.454 e. The van der Waals surface area contributed by atoms with Crippen molar-refractivity contribution < 1.29 is 14.3 Å². The molecule has 0 radical (unpaired) electrons. The maximum atomic E-state index is 11.8. The summed E-state index contributed by atoms with van der Waals surface area (Å²) in [7, 11) is 0. The van der Waals surface area contributed by atoms with Crippen molar-refractivity contribution in [1.29, 1.82) is 0 Å². The average molecular weight is 349 g/mol. The van der Waals surface area contributed by atoms with Crippen molar-refractivity contribution in [2.75, 3.05) is 12.1 Å². The molecule has 5 nitrogen and oxygen atoms in total. The quantitative estimate of drug-likeness (QED) is 0.890. The zero-order chi connectivity index (χ0) is 14.8. The van der Waals surface area contributed by atoms with Gasteiger partial charge in [0, 0.05) is 10.2 Å². The Morgan fingerprint density at radius 3 is 2.76 bits per heavy atom. The molecule has 0 saturated heterocycles. The number of nitrogens with two attached hydrogens (primary N) is 1. The maximum absolute atomic E-state index is 11.8. The van der Waals surface area contributed by atoms with E-state index in [4.69, 9.17) is 15.2 Å². The number of anilines is 1. The summed E-state index contributed by atoms with van der Waals surface area (Å²) in [4.78, 5) is 11.8. The van der Waals surface area contributed by atoms with E-state index >= 15 is 0 Å². The van der Waals surface area contributed by atoms with E-state index in [1.54, 1.807) is 18.2 Å². The maximum Gasteiger partial charge on any atom is 0.244 e. The van der Waals surface area contributed by atoms with E-state index in [9.17, 15) is 4.79 Å². The highest BCUT2D eigenvalue weighted by Gasteiger charge is 2.21. The van der Waals surface area contributed by atoms with E-state index in [1.165, 1.54) is 0 Å². The Hall–Kier alpha value is -2.21. The Labute approximate surface area is 130 Å². The minimum atomic E-state index is -0.645. The fraction of sp³-hybridized carbons (Fsp3) is 0.133. The molecule has 2 aromatic carbocycles. The monoisotopic (exact) mass is 348 g/mol. The molecule has 0 bridgehead atoms. The van der Waals surface area contributed by atoms with E-state index < -0.39 is 11.9 Å². The van der Waals surface area contributed by atoms with Crippen molar-refractivity contribution in [2.45, 2.75) is 6.04 Å². The molecule has 1 aliphatic heterocycles. The van der Waals surface area contributed by atoms with Crippen molar-refractivity contribution in [3.63, 3.8) is 0 Å². The summed E-state index contributed by atoms with van der Waals surface area (Å²) in [6, 6.07) is 12.2. The number of hydrogen-bond donors (Lipinski definition) is 2. The van der Waals surface area contributed by atoms with Gasteiger partial charge in [-0.05, 0) is 35.9 Å². The predicted molar refractivity (Wildman–Crippen MR) is 82.3 cm³/mol. The van der Waals surface area contributed by atoms with Crippen LogP contribution < -0.4 is 20.5 Å². The molecule has 2 aromatic rings. The third kappa shape index (κ3) is 2.95. The van der Waals surface area contributed by atoms with Crippen molar-refractivity contribution in [2.24, 2.45) is 5.73 Å². The zero-order valence-corrected chi connectivity index (χ0v) is 12.6. The van der Waals surface area contributed by atoms with Gasteiger partial charge < -0.3 is 20.5 Å². The molecular formula is C15H13BrN2O3. The number of benzene rings is 2. The third-order valence-electron chi connectivity index (χ3n) is 3.15. The number of primary amides is 1. The first kappa shape index (κ1) is 13.8. The van der Waals surface area contributed by atoms with Gasteiger partial charge in [0.25, 0.3) is 0 Å². The highest BCUT2D eigenvalue weighted by molar-refractivity contribution is 9.10. The summed E-state index contributed by atoms with van der Waals surface area (Å²) in [5.74, 6) is 0.827. The van der Waals surface area contributed by atoms with Gasteiger partial charge in [0.2, 0.25) is 12.7 Å². The van der Waals surface area contributed by atoms with Crippen molar-refractivity contribution in [3.05, 3.63) is 52.5 Å². The Bertz CT molecular complexity index is 690. The second kappa shape index (κ2) is 5.65. The van der Waals surface area contributed by atoms with Crippen LogP contribution in [0.25, 0.3) is 0 Å². The van der Waals surface area contributed by atoms with Gasteiger partial charge in [0.05, 0.1) is 0 Å². The number of hydrogen-bond acceptors (Lipinski definition) is 4. The van der Waals surface area contributed by atoms with Gasteiger partial charge in [-0.1, -0.05) is 28.1 Å². The molecule has 0 aliphatic carbocycles. The molecule has 3 N–H and O–H groups in total. The van der Waals surface area contributed by atoms with E-state index in [0.29, 0.717) is 11.5 Å². The van der Waals surface area contributed by atoms with Crippen LogP contribution in [-0.4, -0.2) is 12.7 Å². The molecule has 0 spiro atoms. The molecule has 3 rings (SSSR count). The third-order valence-corrected chi connectivity index (χ3v) is 3.64. The summed E-state index contributed by atoms with van der Waals surface area (Å²) in [6.45, 7) is 0.194. The van der Waals surface area contributed by atoms with Gasteiger partial charge in [-0.25, -0.2) is 0 Å². The molecule has 0 fully saturated rings. The van der Waals surface area contributed by atoms with Gasteiger partial charge in [-0.15, -0.1) is 0 Å². The lowest BCUT2D eigenvalue weighted by atomic mass is 10.1. The van der Waals surface area contributed by atoms with Crippen LogP contribution in [0.5, 0.6) is 11.5 Å². The highest BCUT2D eigenvalue weighted by Crippen LogP contribution is 2.35. The zero-order valence-electron chi connectivity index (χ0n) is 11.0. The number of fused-ring (bicyclic) bond motifs is 1. The number of halogens is 1. The van der Waals surface area contributed by atoms with Crippen molar-refractivity contribution in [3.8, 4) is 11.5 Å². The Balaban J connectivity index is 1.89. The van der Waals surface area contributed by atoms with E-state index in [0.717, 1.165) is 15.7 Å². The number of carbonyl (C=O) groups is 1. The van der Waals surface area contributed by atoms with Crippen molar-refractivity contribution in [1.82, 2.24) is 0 Å². The summed E-state index contributed by atoms with van der Waals surface area (Å²) in [5, 5.41) is 3.13. The first-order chi connectivity index (χ1) is 10.1. The molecule has 1 heterocycles. The lowest BCUT2D eigenvalue weighted by molar-refractivity contribution is -0.118. The highest BCUT2D eigenvalue weighted by atomic mass is 79.9. The number of nitrogens with one attached hydrogen (secondary N) is 1. The van der Waals surface area contributed by atoms with E-state index in [-0.39, 0.29) is 6.79 Å². The molecular weight excluding hydrogens is 336 g/mol. The predicted octanol–water partition coefficient (Wildman–Crippen LogP) is 2.82. The van der Waals surface area contributed by atoms with Gasteiger partial charge in [0.1, 0.15) is 6.04 Å². The lowest BCUT2D eigenvalue weighted by Crippen LogP contribution is -2.27.